The van der Waals surface area contributed by atoms with Gasteiger partial charge in [0.2, 0.25) is 10.0 Å². The summed E-state index contributed by atoms with van der Waals surface area (Å²) in [5.74, 6) is -0.187. The Morgan fingerprint density at radius 3 is 2.30 bits per heavy atom. The molecule has 1 aliphatic rings. The van der Waals surface area contributed by atoms with Gasteiger partial charge in [0, 0.05) is 41.7 Å². The molecule has 7 nitrogen and oxygen atoms in total. The summed E-state index contributed by atoms with van der Waals surface area (Å²) in [5, 5.41) is 3.58. The molecule has 1 saturated heterocycles. The van der Waals surface area contributed by atoms with Crippen molar-refractivity contribution in [1.82, 2.24) is 14.2 Å². The molecule has 1 aromatic heterocycles. The molecular formula is C24H26ClN3O4S. The van der Waals surface area contributed by atoms with E-state index in [4.69, 9.17) is 16.3 Å². The van der Waals surface area contributed by atoms with E-state index in [1.807, 2.05) is 48.7 Å². The van der Waals surface area contributed by atoms with Crippen molar-refractivity contribution in [3.8, 4) is 5.69 Å². The van der Waals surface area contributed by atoms with E-state index in [0.717, 1.165) is 22.6 Å². The van der Waals surface area contributed by atoms with Gasteiger partial charge in [0.1, 0.15) is 0 Å². The number of rotatable bonds is 6. The van der Waals surface area contributed by atoms with Gasteiger partial charge >= 0.3 is 0 Å². The van der Waals surface area contributed by atoms with Crippen LogP contribution < -0.4 is 5.32 Å². The summed E-state index contributed by atoms with van der Waals surface area (Å²) in [6.45, 7) is 5.67. The molecule has 2 aromatic carbocycles. The molecule has 0 saturated carbocycles. The Kier molecular flexibility index (Phi) is 6.90. The summed E-state index contributed by atoms with van der Waals surface area (Å²) in [5.41, 5.74) is 4.12. The van der Waals surface area contributed by atoms with Gasteiger partial charge in [-0.25, -0.2) is 8.42 Å². The molecule has 0 atom stereocenters. The van der Waals surface area contributed by atoms with E-state index in [0.29, 0.717) is 43.4 Å². The highest BCUT2D eigenvalue weighted by Gasteiger charge is 2.26. The van der Waals surface area contributed by atoms with Crippen LogP contribution in [0.15, 0.2) is 59.5 Å². The molecular weight excluding hydrogens is 462 g/mol. The number of hydrogen-bond acceptors (Lipinski definition) is 4. The summed E-state index contributed by atoms with van der Waals surface area (Å²) in [7, 11) is -3.53. The molecule has 9 heteroatoms. The first-order chi connectivity index (χ1) is 15.8. The number of carbonyl (C=O) groups is 1. The average Bonchev–Trinajstić information content (AvgIpc) is 3.13. The van der Waals surface area contributed by atoms with Crippen molar-refractivity contribution < 1.29 is 17.9 Å². The molecule has 33 heavy (non-hydrogen) atoms. The SMILES string of the molecule is Cc1cc(C(=O)NCc2ccc(S(=O)(=O)N3CCOCC3)cc2)c(C)n1-c1ccc(Cl)cc1. The lowest BCUT2D eigenvalue weighted by Gasteiger charge is -2.26. The topological polar surface area (TPSA) is 80.6 Å². The van der Waals surface area contributed by atoms with Gasteiger partial charge in [-0.15, -0.1) is 0 Å². The minimum Gasteiger partial charge on any atom is -0.379 e. The van der Waals surface area contributed by atoms with Crippen molar-refractivity contribution in [3.63, 3.8) is 0 Å². The van der Waals surface area contributed by atoms with E-state index < -0.39 is 10.0 Å². The van der Waals surface area contributed by atoms with Crippen molar-refractivity contribution in [2.75, 3.05) is 26.3 Å². The number of benzene rings is 2. The molecule has 0 spiro atoms. The second-order valence-corrected chi connectivity index (χ2v) is 10.3. The van der Waals surface area contributed by atoms with E-state index in [-0.39, 0.29) is 10.8 Å². The number of carbonyl (C=O) groups excluding carboxylic acids is 1. The Morgan fingerprint density at radius 2 is 1.67 bits per heavy atom. The summed E-state index contributed by atoms with van der Waals surface area (Å²) in [6, 6.07) is 15.9. The van der Waals surface area contributed by atoms with Crippen molar-refractivity contribution in [2.24, 2.45) is 0 Å². The molecule has 2 heterocycles. The predicted octanol–water partition coefficient (Wildman–Crippen LogP) is 3.70. The van der Waals surface area contributed by atoms with E-state index in [9.17, 15) is 13.2 Å². The first kappa shape index (κ1) is 23.5. The zero-order valence-corrected chi connectivity index (χ0v) is 20.1. The third kappa shape index (κ3) is 4.99. The van der Waals surface area contributed by atoms with E-state index in [2.05, 4.69) is 5.32 Å². The lowest BCUT2D eigenvalue weighted by molar-refractivity contribution is 0.0730. The maximum Gasteiger partial charge on any atom is 0.253 e. The van der Waals surface area contributed by atoms with Crippen LogP contribution in [0, 0.1) is 13.8 Å². The van der Waals surface area contributed by atoms with Crippen molar-refractivity contribution in [3.05, 3.63) is 82.1 Å². The van der Waals surface area contributed by atoms with Crippen LogP contribution in [0.4, 0.5) is 0 Å². The molecule has 0 bridgehead atoms. The molecule has 1 amide bonds. The van der Waals surface area contributed by atoms with Crippen molar-refractivity contribution >= 4 is 27.5 Å². The lowest BCUT2D eigenvalue weighted by Crippen LogP contribution is -2.40. The second kappa shape index (κ2) is 9.69. The number of morpholine rings is 1. The Bertz CT molecular complexity index is 1250. The molecule has 0 unspecified atom stereocenters. The molecule has 174 valence electrons. The van der Waals surface area contributed by atoms with E-state index in [1.165, 1.54) is 4.31 Å². The third-order valence-electron chi connectivity index (χ3n) is 5.74. The number of aryl methyl sites for hydroxylation is 1. The Hall–Kier alpha value is -2.65. The van der Waals surface area contributed by atoms with Crippen LogP contribution in [-0.2, 0) is 21.3 Å². The van der Waals surface area contributed by atoms with Crippen LogP contribution in [0.2, 0.25) is 5.02 Å². The van der Waals surface area contributed by atoms with Gasteiger partial charge in [-0.3, -0.25) is 4.79 Å². The third-order valence-corrected chi connectivity index (χ3v) is 7.91. The van der Waals surface area contributed by atoms with Crippen LogP contribution in [0.5, 0.6) is 0 Å². The van der Waals surface area contributed by atoms with E-state index >= 15 is 0 Å². The monoisotopic (exact) mass is 487 g/mol. The molecule has 4 rings (SSSR count). The van der Waals surface area contributed by atoms with Gasteiger partial charge in [-0.2, -0.15) is 4.31 Å². The van der Waals surface area contributed by atoms with Crippen LogP contribution in [-0.4, -0.2) is 49.5 Å². The fourth-order valence-electron chi connectivity index (χ4n) is 3.97. The minimum atomic E-state index is -3.53. The highest BCUT2D eigenvalue weighted by Crippen LogP contribution is 2.23. The minimum absolute atomic E-state index is 0.187. The van der Waals surface area contributed by atoms with Gasteiger partial charge in [0.25, 0.3) is 5.91 Å². The van der Waals surface area contributed by atoms with Crippen molar-refractivity contribution in [2.45, 2.75) is 25.3 Å². The lowest BCUT2D eigenvalue weighted by atomic mass is 10.2. The number of nitrogens with zero attached hydrogens (tertiary/aromatic N) is 2. The molecule has 1 aliphatic heterocycles. The first-order valence-electron chi connectivity index (χ1n) is 10.7. The zero-order valence-electron chi connectivity index (χ0n) is 18.5. The van der Waals surface area contributed by atoms with Crippen LogP contribution in [0.1, 0.15) is 27.3 Å². The molecule has 0 aliphatic carbocycles. The molecule has 3 aromatic rings. The van der Waals surface area contributed by atoms with Gasteiger partial charge in [0.05, 0.1) is 23.7 Å². The molecule has 1 fully saturated rings. The van der Waals surface area contributed by atoms with Gasteiger partial charge < -0.3 is 14.6 Å². The normalized spacial score (nSPS) is 14.9. The zero-order chi connectivity index (χ0) is 23.6. The van der Waals surface area contributed by atoms with Crippen molar-refractivity contribution in [1.29, 1.82) is 0 Å². The largest absolute Gasteiger partial charge is 0.379 e. The van der Waals surface area contributed by atoms with Gasteiger partial charge in [-0.1, -0.05) is 23.7 Å². The standard InChI is InChI=1S/C24H26ClN3O4S/c1-17-15-23(18(2)28(17)21-7-5-20(25)6-8-21)24(29)26-16-19-3-9-22(10-4-19)33(30,31)27-11-13-32-14-12-27/h3-10,15H,11-14,16H2,1-2H3,(H,26,29). The Labute approximate surface area is 199 Å². The highest BCUT2D eigenvalue weighted by molar-refractivity contribution is 7.89. The fraction of sp³-hybridized carbons (Fsp3) is 0.292. The number of hydrogen-bond donors (Lipinski definition) is 1. The van der Waals surface area contributed by atoms with Crippen LogP contribution in [0.3, 0.4) is 0 Å². The van der Waals surface area contributed by atoms with E-state index in [1.54, 1.807) is 24.3 Å². The number of sulfonamides is 1. The smallest absolute Gasteiger partial charge is 0.253 e. The summed E-state index contributed by atoms with van der Waals surface area (Å²) in [6.07, 6.45) is 0. The number of halogens is 1. The number of ether oxygens (including phenoxy) is 1. The summed E-state index contributed by atoms with van der Waals surface area (Å²) >= 11 is 5.99. The Balaban J connectivity index is 1.44. The van der Waals surface area contributed by atoms with Gasteiger partial charge in [0.15, 0.2) is 0 Å². The summed E-state index contributed by atoms with van der Waals surface area (Å²) in [4.78, 5) is 13.1. The molecule has 0 radical (unpaired) electrons. The van der Waals surface area contributed by atoms with Crippen LogP contribution >= 0.6 is 11.6 Å². The van der Waals surface area contributed by atoms with Gasteiger partial charge in [-0.05, 0) is 61.9 Å². The maximum atomic E-state index is 12.9. The summed E-state index contributed by atoms with van der Waals surface area (Å²) < 4.78 is 34.2. The fourth-order valence-corrected chi connectivity index (χ4v) is 5.51. The number of aromatic nitrogens is 1. The second-order valence-electron chi connectivity index (χ2n) is 7.94. The number of nitrogens with one attached hydrogen (secondary N) is 1. The predicted molar refractivity (Wildman–Crippen MR) is 127 cm³/mol. The highest BCUT2D eigenvalue weighted by atomic mass is 35.5. The van der Waals surface area contributed by atoms with Crippen LogP contribution in [0.25, 0.3) is 5.69 Å². The molecule has 1 N–H and O–H groups in total. The maximum absolute atomic E-state index is 12.9. The Morgan fingerprint density at radius 1 is 1.03 bits per heavy atom. The average molecular weight is 488 g/mol. The number of amides is 1. The quantitative estimate of drug-likeness (QED) is 0.575. The first-order valence-corrected chi connectivity index (χ1v) is 12.5.